The molecule has 0 radical (unpaired) electrons. The van der Waals surface area contributed by atoms with E-state index in [2.05, 4.69) is 117 Å². The van der Waals surface area contributed by atoms with Gasteiger partial charge in [0.15, 0.2) is 0 Å². The van der Waals surface area contributed by atoms with Gasteiger partial charge in [-0.1, -0.05) is 105 Å². The Morgan fingerprint density at radius 1 is 0.674 bits per heavy atom. The number of nitrogens with zero attached hydrogens (tertiary/aromatic N) is 2. The third-order valence-electron chi connectivity index (χ3n) is 8.21. The number of rotatable bonds is 14. The van der Waals surface area contributed by atoms with Crippen LogP contribution < -0.4 is 0 Å². The first-order valence-corrected chi connectivity index (χ1v) is 17.5. The Labute approximate surface area is 268 Å². The molecule has 1 unspecified atom stereocenters. The molecule has 0 bridgehead atoms. The van der Waals surface area contributed by atoms with Crippen LogP contribution in [0.1, 0.15) is 58.7 Å². The van der Waals surface area contributed by atoms with Gasteiger partial charge in [-0.15, -0.1) is 0 Å². The van der Waals surface area contributed by atoms with Crippen LogP contribution in [0.2, 0.25) is 0 Å². The van der Waals surface area contributed by atoms with Crippen LogP contribution in [0.25, 0.3) is 0 Å². The number of benzene rings is 4. The monoisotopic (exact) mass is 661 g/mol. The van der Waals surface area contributed by atoms with Crippen molar-refractivity contribution in [3.05, 3.63) is 134 Å². The predicted octanol–water partition coefficient (Wildman–Crippen LogP) is 8.89. The molecule has 0 saturated carbocycles. The molecule has 0 saturated heterocycles. The van der Waals surface area contributed by atoms with Gasteiger partial charge in [0.1, 0.15) is 13.1 Å². The summed E-state index contributed by atoms with van der Waals surface area (Å²) in [6.07, 6.45) is 1.73. The van der Waals surface area contributed by atoms with Gasteiger partial charge in [-0.05, 0) is 77.3 Å². The highest BCUT2D eigenvalue weighted by atomic mass is 79.9. The van der Waals surface area contributed by atoms with Gasteiger partial charge < -0.3 is 4.48 Å². The van der Waals surface area contributed by atoms with Crippen molar-refractivity contribution in [3.63, 3.8) is 0 Å². The number of halogens is 1. The number of sulfonamides is 1. The van der Waals surface area contributed by atoms with Crippen molar-refractivity contribution in [3.8, 4) is 0 Å². The molecular formula is C37H46BrN2O2S+. The van der Waals surface area contributed by atoms with Crippen LogP contribution in [0.4, 0.5) is 0 Å². The molecule has 0 amide bonds. The number of hydrogen-bond donors (Lipinski definition) is 0. The maximum absolute atomic E-state index is 13.9. The molecule has 43 heavy (non-hydrogen) atoms. The van der Waals surface area contributed by atoms with E-state index >= 15 is 0 Å². The molecule has 0 heterocycles. The lowest BCUT2D eigenvalue weighted by Crippen LogP contribution is -2.47. The fourth-order valence-electron chi connectivity index (χ4n) is 6.25. The van der Waals surface area contributed by atoms with E-state index in [0.717, 1.165) is 64.7 Å². The fourth-order valence-corrected chi connectivity index (χ4v) is 7.98. The molecule has 0 aliphatic rings. The predicted molar refractivity (Wildman–Crippen MR) is 182 cm³/mol. The van der Waals surface area contributed by atoms with Crippen molar-refractivity contribution in [2.75, 3.05) is 19.6 Å². The van der Waals surface area contributed by atoms with Crippen molar-refractivity contribution in [2.24, 2.45) is 0 Å². The summed E-state index contributed by atoms with van der Waals surface area (Å²) in [6, 6.07) is 30.9. The molecule has 0 aliphatic carbocycles. The summed E-state index contributed by atoms with van der Waals surface area (Å²) in [4.78, 5) is 0.331. The SMILES string of the molecule is CC[N+](CCCCN(Cc1cc(C)cc(C)c1)S(=O)(=O)c1ccc(Br)cc1)(Cc1ccccc1)Cc1cc(C)cc(C)c1. The molecule has 0 aliphatic heterocycles. The molecule has 0 aromatic heterocycles. The summed E-state index contributed by atoms with van der Waals surface area (Å²) in [5, 5.41) is 0. The molecule has 228 valence electrons. The van der Waals surface area contributed by atoms with Crippen LogP contribution in [0.3, 0.4) is 0 Å². The molecule has 4 aromatic carbocycles. The summed E-state index contributed by atoms with van der Waals surface area (Å²) in [5.74, 6) is 0. The van der Waals surface area contributed by atoms with E-state index < -0.39 is 10.0 Å². The van der Waals surface area contributed by atoms with Crippen molar-refractivity contribution in [2.45, 2.75) is 72.0 Å². The third-order valence-corrected chi connectivity index (χ3v) is 10.6. The highest BCUT2D eigenvalue weighted by molar-refractivity contribution is 9.10. The van der Waals surface area contributed by atoms with Crippen molar-refractivity contribution < 1.29 is 12.9 Å². The minimum absolute atomic E-state index is 0.331. The van der Waals surface area contributed by atoms with Crippen LogP contribution in [0.15, 0.2) is 100 Å². The van der Waals surface area contributed by atoms with E-state index in [-0.39, 0.29) is 0 Å². The Balaban J connectivity index is 1.56. The quantitative estimate of drug-likeness (QED) is 0.1000. The molecule has 6 heteroatoms. The van der Waals surface area contributed by atoms with Crippen molar-refractivity contribution in [1.29, 1.82) is 0 Å². The zero-order valence-corrected chi connectivity index (χ0v) is 28.7. The first kappa shape index (κ1) is 33.1. The van der Waals surface area contributed by atoms with Gasteiger partial charge in [0.05, 0.1) is 18.0 Å². The van der Waals surface area contributed by atoms with E-state index in [0.29, 0.717) is 18.0 Å². The average molecular weight is 663 g/mol. The van der Waals surface area contributed by atoms with E-state index in [1.807, 2.05) is 0 Å². The molecule has 0 fully saturated rings. The van der Waals surface area contributed by atoms with E-state index in [1.165, 1.54) is 22.3 Å². The number of quaternary nitrogens is 1. The van der Waals surface area contributed by atoms with Gasteiger partial charge in [-0.3, -0.25) is 0 Å². The Morgan fingerprint density at radius 3 is 1.77 bits per heavy atom. The maximum atomic E-state index is 13.9. The number of aryl methyl sites for hydroxylation is 4. The molecular weight excluding hydrogens is 616 g/mol. The lowest BCUT2D eigenvalue weighted by molar-refractivity contribution is -0.952. The first-order chi connectivity index (χ1) is 20.5. The highest BCUT2D eigenvalue weighted by Gasteiger charge is 2.28. The molecule has 4 nitrogen and oxygen atoms in total. The van der Waals surface area contributed by atoms with Crippen LogP contribution in [0.5, 0.6) is 0 Å². The highest BCUT2D eigenvalue weighted by Crippen LogP contribution is 2.25. The first-order valence-electron chi connectivity index (χ1n) is 15.3. The second-order valence-corrected chi connectivity index (χ2v) is 15.0. The normalized spacial score (nSPS) is 13.3. The fraction of sp³-hybridized carbons (Fsp3) is 0.351. The van der Waals surface area contributed by atoms with E-state index in [1.54, 1.807) is 28.6 Å². The molecule has 1 atom stereocenters. The summed E-state index contributed by atoms with van der Waals surface area (Å²) < 4.78 is 31.3. The van der Waals surface area contributed by atoms with Gasteiger partial charge in [-0.25, -0.2) is 8.42 Å². The van der Waals surface area contributed by atoms with Gasteiger partial charge in [0.2, 0.25) is 10.0 Å². The maximum Gasteiger partial charge on any atom is 0.243 e. The molecule has 4 rings (SSSR count). The van der Waals surface area contributed by atoms with Crippen LogP contribution in [-0.2, 0) is 29.7 Å². The lowest BCUT2D eigenvalue weighted by Gasteiger charge is -2.38. The molecule has 0 N–H and O–H groups in total. The Hall–Kier alpha value is -2.77. The number of hydrogen-bond acceptors (Lipinski definition) is 2. The summed E-state index contributed by atoms with van der Waals surface area (Å²) in [6.45, 7) is 15.5. The third kappa shape index (κ3) is 9.36. The Morgan fingerprint density at radius 2 is 1.21 bits per heavy atom. The van der Waals surface area contributed by atoms with Crippen LogP contribution >= 0.6 is 15.9 Å². The minimum atomic E-state index is -3.66. The summed E-state index contributed by atoms with van der Waals surface area (Å²) >= 11 is 3.44. The zero-order valence-electron chi connectivity index (χ0n) is 26.3. The van der Waals surface area contributed by atoms with Gasteiger partial charge in [0.25, 0.3) is 0 Å². The zero-order chi connectivity index (χ0) is 31.0. The van der Waals surface area contributed by atoms with Gasteiger partial charge in [-0.2, -0.15) is 4.31 Å². The minimum Gasteiger partial charge on any atom is -0.316 e. The van der Waals surface area contributed by atoms with Gasteiger partial charge >= 0.3 is 0 Å². The summed E-state index contributed by atoms with van der Waals surface area (Å²) in [5.41, 5.74) is 8.61. The summed E-state index contributed by atoms with van der Waals surface area (Å²) in [7, 11) is -3.66. The van der Waals surface area contributed by atoms with Crippen LogP contribution in [0, 0.1) is 27.7 Å². The number of unbranched alkanes of at least 4 members (excludes halogenated alkanes) is 1. The van der Waals surface area contributed by atoms with E-state index in [9.17, 15) is 8.42 Å². The largest absolute Gasteiger partial charge is 0.316 e. The van der Waals surface area contributed by atoms with Crippen molar-refractivity contribution in [1.82, 2.24) is 4.31 Å². The second kappa shape index (κ2) is 14.8. The van der Waals surface area contributed by atoms with Crippen molar-refractivity contribution >= 4 is 26.0 Å². The van der Waals surface area contributed by atoms with E-state index in [4.69, 9.17) is 0 Å². The van der Waals surface area contributed by atoms with Crippen LogP contribution in [-0.4, -0.2) is 36.8 Å². The average Bonchev–Trinajstić information content (AvgIpc) is 2.94. The lowest BCUT2D eigenvalue weighted by atomic mass is 10.0. The topological polar surface area (TPSA) is 37.4 Å². The standard InChI is InChI=1S/C37H46BrN2O2S/c1-6-40(27-33-12-8-7-9-13-33,28-35-24-31(4)21-32(5)25-35)19-11-10-18-39(26-34-22-29(2)20-30(3)23-34)43(41,42)37-16-14-36(38)15-17-37/h7-9,12-17,20-25H,6,10-11,18-19,26-28H2,1-5H3/q+1. The molecule has 0 spiro atoms. The molecule has 4 aromatic rings. The Bertz CT molecular complexity index is 1560. The second-order valence-electron chi connectivity index (χ2n) is 12.2. The Kier molecular flexibility index (Phi) is 11.4. The van der Waals surface area contributed by atoms with Gasteiger partial charge in [0, 0.05) is 28.7 Å². The smallest absolute Gasteiger partial charge is 0.243 e.